The van der Waals surface area contributed by atoms with Gasteiger partial charge in [-0.2, -0.15) is 0 Å². The highest BCUT2D eigenvalue weighted by molar-refractivity contribution is 5.77. The first-order valence-corrected chi connectivity index (χ1v) is 6.19. The average molecular weight is 245 g/mol. The van der Waals surface area contributed by atoms with Crippen LogP contribution in [0.2, 0.25) is 0 Å². The number of nitrogens with zero attached hydrogens (tertiary/aromatic N) is 1. The van der Waals surface area contributed by atoms with Crippen molar-refractivity contribution < 1.29 is 14.3 Å². The number of hydrogen-bond acceptors (Lipinski definition) is 2. The summed E-state index contributed by atoms with van der Waals surface area (Å²) < 4.78 is 5.40. The Morgan fingerprint density at radius 3 is 2.78 bits per heavy atom. The van der Waals surface area contributed by atoms with Crippen LogP contribution in [-0.4, -0.2) is 29.2 Å². The Morgan fingerprint density at radius 1 is 1.28 bits per heavy atom. The van der Waals surface area contributed by atoms with Gasteiger partial charge in [-0.25, -0.2) is 4.79 Å². The van der Waals surface area contributed by atoms with Gasteiger partial charge in [0.2, 0.25) is 0 Å². The molecule has 1 saturated heterocycles. The molecule has 1 aromatic carbocycles. The third-order valence-electron chi connectivity index (χ3n) is 3.72. The van der Waals surface area contributed by atoms with Crippen molar-refractivity contribution in [1.29, 1.82) is 0 Å². The maximum atomic E-state index is 10.8. The van der Waals surface area contributed by atoms with E-state index < -0.39 is 6.09 Å². The number of hydrogen-bond donors (Lipinski definition) is 1. The second-order valence-electron chi connectivity index (χ2n) is 4.76. The van der Waals surface area contributed by atoms with E-state index in [1.165, 1.54) is 10.5 Å². The van der Waals surface area contributed by atoms with E-state index in [0.29, 0.717) is 19.0 Å². The largest absolute Gasteiger partial charge is 0.465 e. The Labute approximate surface area is 105 Å². The number of fused-ring (bicyclic) bond motifs is 1. The monoisotopic (exact) mass is 245 g/mol. The van der Waals surface area contributed by atoms with Crippen LogP contribution in [-0.2, 0) is 0 Å². The molecular weight excluding hydrogens is 230 g/mol. The van der Waals surface area contributed by atoms with Crippen LogP contribution in [0.5, 0.6) is 0 Å². The van der Waals surface area contributed by atoms with Crippen LogP contribution in [0.25, 0.3) is 11.0 Å². The summed E-state index contributed by atoms with van der Waals surface area (Å²) in [5.41, 5.74) is 2.16. The molecule has 4 nitrogen and oxygen atoms in total. The van der Waals surface area contributed by atoms with E-state index >= 15 is 0 Å². The molecule has 0 saturated carbocycles. The van der Waals surface area contributed by atoms with Crippen molar-refractivity contribution in [3.8, 4) is 0 Å². The Kier molecular flexibility index (Phi) is 2.70. The number of rotatable bonds is 1. The first kappa shape index (κ1) is 11.1. The van der Waals surface area contributed by atoms with E-state index in [1.807, 2.05) is 6.07 Å². The maximum absolute atomic E-state index is 10.8. The molecule has 94 valence electrons. The topological polar surface area (TPSA) is 53.7 Å². The third-order valence-corrected chi connectivity index (χ3v) is 3.72. The smallest absolute Gasteiger partial charge is 0.407 e. The van der Waals surface area contributed by atoms with Crippen LogP contribution in [0.3, 0.4) is 0 Å². The molecule has 2 aromatic rings. The van der Waals surface area contributed by atoms with Gasteiger partial charge in [-0.15, -0.1) is 0 Å². The molecule has 0 aliphatic carbocycles. The lowest BCUT2D eigenvalue weighted by Crippen LogP contribution is -2.36. The molecule has 0 radical (unpaired) electrons. The Balaban J connectivity index is 1.77. The van der Waals surface area contributed by atoms with Gasteiger partial charge in [-0.05, 0) is 36.5 Å². The predicted octanol–water partition coefficient (Wildman–Crippen LogP) is 3.29. The summed E-state index contributed by atoms with van der Waals surface area (Å²) in [6.07, 6.45) is 2.66. The van der Waals surface area contributed by atoms with Crippen molar-refractivity contribution in [3.05, 3.63) is 36.1 Å². The van der Waals surface area contributed by atoms with Gasteiger partial charge in [0, 0.05) is 18.5 Å². The fraction of sp³-hybridized carbons (Fsp3) is 0.357. The van der Waals surface area contributed by atoms with E-state index in [4.69, 9.17) is 9.52 Å². The molecule has 0 bridgehead atoms. The molecule has 1 fully saturated rings. The molecule has 3 rings (SSSR count). The number of furan rings is 1. The fourth-order valence-corrected chi connectivity index (χ4v) is 2.63. The number of carboxylic acid groups (broad SMARTS) is 1. The molecule has 2 heterocycles. The molecule has 1 aromatic heterocycles. The lowest BCUT2D eigenvalue weighted by Gasteiger charge is -2.30. The molecule has 4 heteroatoms. The Morgan fingerprint density at radius 2 is 2.06 bits per heavy atom. The Bertz CT molecular complexity index is 567. The maximum Gasteiger partial charge on any atom is 0.407 e. The number of amides is 1. The highest BCUT2D eigenvalue weighted by atomic mass is 16.4. The zero-order valence-electron chi connectivity index (χ0n) is 10.0. The normalized spacial score (nSPS) is 17.2. The van der Waals surface area contributed by atoms with E-state index in [-0.39, 0.29) is 0 Å². The molecule has 0 atom stereocenters. The van der Waals surface area contributed by atoms with Crippen molar-refractivity contribution in [2.75, 3.05) is 13.1 Å². The van der Waals surface area contributed by atoms with Crippen LogP contribution in [0.4, 0.5) is 4.79 Å². The Hall–Kier alpha value is -1.97. The summed E-state index contributed by atoms with van der Waals surface area (Å²) in [6, 6.07) is 8.22. The molecule has 1 amide bonds. The summed E-state index contributed by atoms with van der Waals surface area (Å²) in [6.45, 7) is 1.24. The van der Waals surface area contributed by atoms with Gasteiger partial charge < -0.3 is 14.4 Å². The molecule has 0 spiro atoms. The van der Waals surface area contributed by atoms with Crippen molar-refractivity contribution in [2.24, 2.45) is 0 Å². The van der Waals surface area contributed by atoms with Crippen molar-refractivity contribution >= 4 is 17.1 Å². The van der Waals surface area contributed by atoms with Crippen LogP contribution in [0, 0.1) is 0 Å². The summed E-state index contributed by atoms with van der Waals surface area (Å²) in [5.74, 6) is 0.440. The van der Waals surface area contributed by atoms with Crippen LogP contribution >= 0.6 is 0 Å². The highest BCUT2D eigenvalue weighted by Crippen LogP contribution is 2.30. The predicted molar refractivity (Wildman–Crippen MR) is 67.8 cm³/mol. The minimum atomic E-state index is -0.810. The van der Waals surface area contributed by atoms with Gasteiger partial charge in [0.15, 0.2) is 0 Å². The van der Waals surface area contributed by atoms with Crippen LogP contribution < -0.4 is 0 Å². The van der Waals surface area contributed by atoms with E-state index in [1.54, 1.807) is 6.26 Å². The molecule has 1 aliphatic rings. The number of benzene rings is 1. The van der Waals surface area contributed by atoms with Crippen LogP contribution in [0.1, 0.15) is 24.3 Å². The van der Waals surface area contributed by atoms with Gasteiger partial charge in [-0.3, -0.25) is 0 Å². The SMILES string of the molecule is O=C(O)N1CCC(c2ccc3ccoc3c2)CC1. The van der Waals surface area contributed by atoms with Crippen molar-refractivity contribution in [1.82, 2.24) is 4.90 Å². The lowest BCUT2D eigenvalue weighted by molar-refractivity contribution is 0.132. The minimum absolute atomic E-state index is 0.440. The zero-order chi connectivity index (χ0) is 12.5. The minimum Gasteiger partial charge on any atom is -0.465 e. The average Bonchev–Trinajstić information content (AvgIpc) is 2.86. The molecule has 0 unspecified atom stereocenters. The summed E-state index contributed by atoms with van der Waals surface area (Å²) in [4.78, 5) is 12.3. The molecular formula is C14H15NO3. The van der Waals surface area contributed by atoms with Gasteiger partial charge in [0.1, 0.15) is 5.58 Å². The number of carbonyl (C=O) groups is 1. The van der Waals surface area contributed by atoms with E-state index in [0.717, 1.165) is 23.8 Å². The van der Waals surface area contributed by atoms with E-state index in [9.17, 15) is 4.79 Å². The lowest BCUT2D eigenvalue weighted by atomic mass is 9.89. The quantitative estimate of drug-likeness (QED) is 0.838. The van der Waals surface area contributed by atoms with Gasteiger partial charge >= 0.3 is 6.09 Å². The van der Waals surface area contributed by atoms with E-state index in [2.05, 4.69) is 18.2 Å². The van der Waals surface area contributed by atoms with Crippen molar-refractivity contribution in [2.45, 2.75) is 18.8 Å². The summed E-state index contributed by atoms with van der Waals surface area (Å²) >= 11 is 0. The number of likely N-dealkylation sites (tertiary alicyclic amines) is 1. The summed E-state index contributed by atoms with van der Waals surface area (Å²) in [7, 11) is 0. The third kappa shape index (κ3) is 1.94. The fourth-order valence-electron chi connectivity index (χ4n) is 2.63. The summed E-state index contributed by atoms with van der Waals surface area (Å²) in [5, 5.41) is 10.0. The molecule has 1 N–H and O–H groups in total. The van der Waals surface area contributed by atoms with Gasteiger partial charge in [0.05, 0.1) is 6.26 Å². The van der Waals surface area contributed by atoms with Gasteiger partial charge in [0.25, 0.3) is 0 Å². The van der Waals surface area contributed by atoms with Crippen LogP contribution in [0.15, 0.2) is 34.9 Å². The van der Waals surface area contributed by atoms with Crippen molar-refractivity contribution in [3.63, 3.8) is 0 Å². The molecule has 18 heavy (non-hydrogen) atoms. The zero-order valence-corrected chi connectivity index (χ0v) is 10.0. The number of piperidine rings is 1. The first-order valence-electron chi connectivity index (χ1n) is 6.19. The molecule has 1 aliphatic heterocycles. The highest BCUT2D eigenvalue weighted by Gasteiger charge is 2.23. The second-order valence-corrected chi connectivity index (χ2v) is 4.76. The van der Waals surface area contributed by atoms with Gasteiger partial charge in [-0.1, -0.05) is 12.1 Å². The second kappa shape index (κ2) is 4.37. The first-order chi connectivity index (χ1) is 8.74. The standard InChI is InChI=1S/C14H15NO3/c16-14(17)15-6-3-10(4-7-15)12-2-1-11-5-8-18-13(11)9-12/h1-2,5,8-10H,3-4,6-7H2,(H,16,17).